The molecule has 1 aromatic heterocycles. The van der Waals surface area contributed by atoms with Crippen LogP contribution in [0.5, 0.6) is 0 Å². The van der Waals surface area contributed by atoms with Gasteiger partial charge in [0.25, 0.3) is 0 Å². The molecule has 0 atom stereocenters. The fourth-order valence-corrected chi connectivity index (χ4v) is 1.51. The first-order valence-corrected chi connectivity index (χ1v) is 4.70. The Labute approximate surface area is 98.5 Å². The molecule has 94 valence electrons. The lowest BCUT2D eigenvalue weighted by Gasteiger charge is -2.05. The van der Waals surface area contributed by atoms with Crippen LogP contribution < -0.4 is 0 Å². The van der Waals surface area contributed by atoms with Crippen molar-refractivity contribution in [3.8, 4) is 11.3 Å². The summed E-state index contributed by atoms with van der Waals surface area (Å²) in [5.41, 5.74) is -1.19. The molecule has 0 saturated heterocycles. The van der Waals surface area contributed by atoms with Crippen molar-refractivity contribution in [3.63, 3.8) is 0 Å². The van der Waals surface area contributed by atoms with Gasteiger partial charge in [-0.25, -0.2) is 22.6 Å². The van der Waals surface area contributed by atoms with E-state index in [4.69, 9.17) is 5.11 Å². The van der Waals surface area contributed by atoms with Crippen molar-refractivity contribution in [2.45, 2.75) is 0 Å². The number of rotatable bonds is 2. The van der Waals surface area contributed by atoms with Crippen LogP contribution >= 0.6 is 0 Å². The van der Waals surface area contributed by atoms with Gasteiger partial charge in [-0.1, -0.05) is 5.21 Å². The minimum Gasteiger partial charge on any atom is -0.476 e. The molecule has 2 aromatic rings. The molecule has 0 aliphatic rings. The highest BCUT2D eigenvalue weighted by molar-refractivity contribution is 5.92. The number of benzene rings is 1. The van der Waals surface area contributed by atoms with Gasteiger partial charge in [0.05, 0.1) is 0 Å². The molecule has 1 heterocycles. The third-order valence-electron chi connectivity index (χ3n) is 2.32. The quantitative estimate of drug-likeness (QED) is 0.829. The topological polar surface area (TPSA) is 68.0 Å². The summed E-state index contributed by atoms with van der Waals surface area (Å²) in [5, 5.41) is 15.6. The summed E-state index contributed by atoms with van der Waals surface area (Å²) in [6, 6.07) is 1.63. The average Bonchev–Trinajstić information content (AvgIpc) is 2.69. The highest BCUT2D eigenvalue weighted by Crippen LogP contribution is 2.27. The van der Waals surface area contributed by atoms with Gasteiger partial charge in [-0.2, -0.15) is 0 Å². The van der Waals surface area contributed by atoms with E-state index in [0.29, 0.717) is 6.07 Å². The molecule has 0 aliphatic carbocycles. The van der Waals surface area contributed by atoms with Crippen LogP contribution in [0.3, 0.4) is 0 Å². The number of halogens is 3. The van der Waals surface area contributed by atoms with Crippen LogP contribution in [0.25, 0.3) is 11.3 Å². The average molecular weight is 257 g/mol. The second-order valence-corrected chi connectivity index (χ2v) is 3.44. The molecule has 5 nitrogen and oxygen atoms in total. The third-order valence-corrected chi connectivity index (χ3v) is 2.32. The number of nitrogens with zero attached hydrogens (tertiary/aromatic N) is 3. The summed E-state index contributed by atoms with van der Waals surface area (Å²) in [6.45, 7) is 0. The summed E-state index contributed by atoms with van der Waals surface area (Å²) in [5.74, 6) is -5.96. The summed E-state index contributed by atoms with van der Waals surface area (Å²) in [7, 11) is 1.31. The molecule has 0 saturated carbocycles. The van der Waals surface area contributed by atoms with E-state index in [0.717, 1.165) is 10.7 Å². The Morgan fingerprint density at radius 1 is 1.28 bits per heavy atom. The lowest BCUT2D eigenvalue weighted by molar-refractivity contribution is 0.0691. The van der Waals surface area contributed by atoms with E-state index in [1.54, 1.807) is 0 Å². The smallest absolute Gasteiger partial charge is 0.358 e. The Balaban J connectivity index is 2.73. The van der Waals surface area contributed by atoms with Crippen molar-refractivity contribution < 1.29 is 23.1 Å². The highest BCUT2D eigenvalue weighted by Gasteiger charge is 2.24. The van der Waals surface area contributed by atoms with Crippen LogP contribution in [0, 0.1) is 17.5 Å². The van der Waals surface area contributed by atoms with Crippen LogP contribution in [0.15, 0.2) is 12.1 Å². The van der Waals surface area contributed by atoms with Crippen molar-refractivity contribution in [1.82, 2.24) is 15.0 Å². The maximum Gasteiger partial charge on any atom is 0.358 e. The Morgan fingerprint density at radius 3 is 2.56 bits per heavy atom. The Hall–Kier alpha value is -2.38. The Kier molecular flexibility index (Phi) is 2.77. The lowest BCUT2D eigenvalue weighted by Crippen LogP contribution is -2.04. The van der Waals surface area contributed by atoms with Crippen LogP contribution in [-0.2, 0) is 7.05 Å². The van der Waals surface area contributed by atoms with Crippen molar-refractivity contribution in [3.05, 3.63) is 35.3 Å². The lowest BCUT2D eigenvalue weighted by atomic mass is 10.1. The molecule has 2 rings (SSSR count). The zero-order valence-corrected chi connectivity index (χ0v) is 8.99. The number of aryl methyl sites for hydroxylation is 1. The van der Waals surface area contributed by atoms with Gasteiger partial charge in [-0.05, 0) is 12.1 Å². The molecule has 8 heteroatoms. The van der Waals surface area contributed by atoms with Gasteiger partial charge >= 0.3 is 5.97 Å². The fourth-order valence-electron chi connectivity index (χ4n) is 1.51. The summed E-state index contributed by atoms with van der Waals surface area (Å²) < 4.78 is 40.4. The first-order chi connectivity index (χ1) is 8.43. The number of aromatic nitrogens is 3. The SMILES string of the molecule is Cn1nnc(C(=O)O)c1-c1ccc(F)c(F)c1F. The van der Waals surface area contributed by atoms with E-state index in [1.807, 2.05) is 0 Å². The van der Waals surface area contributed by atoms with E-state index in [2.05, 4.69) is 10.3 Å². The van der Waals surface area contributed by atoms with Crippen LogP contribution in [0.4, 0.5) is 13.2 Å². The molecule has 0 bridgehead atoms. The number of hydrogen-bond acceptors (Lipinski definition) is 3. The highest BCUT2D eigenvalue weighted by atomic mass is 19.2. The van der Waals surface area contributed by atoms with Crippen LogP contribution in [0.1, 0.15) is 10.5 Å². The summed E-state index contributed by atoms with van der Waals surface area (Å²) in [6.07, 6.45) is 0. The zero-order valence-electron chi connectivity index (χ0n) is 8.99. The van der Waals surface area contributed by atoms with E-state index in [-0.39, 0.29) is 5.69 Å². The molecule has 0 spiro atoms. The number of hydrogen-bond donors (Lipinski definition) is 1. The van der Waals surface area contributed by atoms with Gasteiger partial charge in [-0.15, -0.1) is 5.10 Å². The van der Waals surface area contributed by atoms with Crippen molar-refractivity contribution in [1.29, 1.82) is 0 Å². The maximum atomic E-state index is 13.6. The minimum atomic E-state index is -1.68. The largest absolute Gasteiger partial charge is 0.476 e. The standard InChI is InChI=1S/C10H6F3N3O2/c1-16-9(8(10(17)18)14-15-16)4-2-3-5(11)7(13)6(4)12/h2-3H,1H3,(H,17,18). The second kappa shape index (κ2) is 4.13. The number of carboxylic acids is 1. The predicted molar refractivity (Wildman–Crippen MR) is 53.3 cm³/mol. The van der Waals surface area contributed by atoms with Gasteiger partial charge in [0.1, 0.15) is 5.69 Å². The molecule has 1 N–H and O–H groups in total. The molecular weight excluding hydrogens is 251 g/mol. The zero-order chi connectivity index (χ0) is 13.4. The first-order valence-electron chi connectivity index (χ1n) is 4.70. The molecule has 0 aliphatic heterocycles. The molecule has 0 unspecified atom stereocenters. The third kappa shape index (κ3) is 1.71. The molecule has 18 heavy (non-hydrogen) atoms. The second-order valence-electron chi connectivity index (χ2n) is 3.44. The normalized spacial score (nSPS) is 10.7. The van der Waals surface area contributed by atoms with Gasteiger partial charge in [0, 0.05) is 12.6 Å². The van der Waals surface area contributed by atoms with Crippen molar-refractivity contribution in [2.24, 2.45) is 7.05 Å². The molecule has 0 fully saturated rings. The minimum absolute atomic E-state index is 0.237. The maximum absolute atomic E-state index is 13.6. The monoisotopic (exact) mass is 257 g/mol. The Bertz CT molecular complexity index is 640. The Morgan fingerprint density at radius 2 is 1.94 bits per heavy atom. The van der Waals surface area contributed by atoms with E-state index in [1.165, 1.54) is 7.05 Å². The van der Waals surface area contributed by atoms with Crippen molar-refractivity contribution in [2.75, 3.05) is 0 Å². The first kappa shape index (κ1) is 12.1. The molecule has 0 amide bonds. The van der Waals surface area contributed by atoms with E-state index in [9.17, 15) is 18.0 Å². The van der Waals surface area contributed by atoms with Crippen molar-refractivity contribution >= 4 is 5.97 Å². The van der Waals surface area contributed by atoms with Gasteiger partial charge in [0.15, 0.2) is 23.1 Å². The summed E-state index contributed by atoms with van der Waals surface area (Å²) in [4.78, 5) is 10.9. The molecule has 0 radical (unpaired) electrons. The van der Waals surface area contributed by atoms with Gasteiger partial charge in [-0.3, -0.25) is 0 Å². The predicted octanol–water partition coefficient (Wildman–Crippen LogP) is 1.60. The number of carboxylic acid groups (broad SMARTS) is 1. The molecular formula is C10H6F3N3O2. The summed E-state index contributed by atoms with van der Waals surface area (Å²) >= 11 is 0. The van der Waals surface area contributed by atoms with Gasteiger partial charge in [0.2, 0.25) is 0 Å². The van der Waals surface area contributed by atoms with Gasteiger partial charge < -0.3 is 5.11 Å². The van der Waals surface area contributed by atoms with E-state index >= 15 is 0 Å². The van der Waals surface area contributed by atoms with Crippen LogP contribution in [-0.4, -0.2) is 26.1 Å². The number of aromatic carboxylic acids is 1. The van der Waals surface area contributed by atoms with Crippen LogP contribution in [0.2, 0.25) is 0 Å². The fraction of sp³-hybridized carbons (Fsp3) is 0.100. The van der Waals surface area contributed by atoms with E-state index < -0.39 is 34.7 Å². The number of carbonyl (C=O) groups is 1. The molecule has 1 aromatic carbocycles.